The fourth-order valence-corrected chi connectivity index (χ4v) is 3.07. The number of hydrogen-bond acceptors (Lipinski definition) is 4. The molecule has 4 rings (SSSR count). The number of carbonyl (C=O) groups is 1. The Morgan fingerprint density at radius 3 is 2.62 bits per heavy atom. The number of carbonyl (C=O) groups excluding carboxylic acids is 1. The third-order valence-corrected chi connectivity index (χ3v) is 4.55. The van der Waals surface area contributed by atoms with Crippen LogP contribution in [0.3, 0.4) is 0 Å². The molecule has 0 unspecified atom stereocenters. The van der Waals surface area contributed by atoms with E-state index < -0.39 is 5.63 Å². The van der Waals surface area contributed by atoms with Gasteiger partial charge >= 0.3 is 5.63 Å². The molecular weight excluding hydrogens is 366 g/mol. The highest BCUT2D eigenvalue weighted by Crippen LogP contribution is 2.22. The molecule has 0 aliphatic rings. The molecular formula is C24H19NO4. The summed E-state index contributed by atoms with van der Waals surface area (Å²) in [5.41, 5.74) is 2.93. The Labute approximate surface area is 167 Å². The van der Waals surface area contributed by atoms with Gasteiger partial charge in [0.05, 0.1) is 0 Å². The van der Waals surface area contributed by atoms with Crippen LogP contribution < -0.4 is 15.7 Å². The normalized spacial score (nSPS) is 10.7. The summed E-state index contributed by atoms with van der Waals surface area (Å²) < 4.78 is 11.0. The molecule has 1 amide bonds. The van der Waals surface area contributed by atoms with Crippen LogP contribution in [0.5, 0.6) is 5.75 Å². The van der Waals surface area contributed by atoms with Crippen molar-refractivity contribution >= 4 is 22.6 Å². The molecule has 0 fully saturated rings. The van der Waals surface area contributed by atoms with E-state index in [9.17, 15) is 9.59 Å². The Kier molecular flexibility index (Phi) is 5.12. The highest BCUT2D eigenvalue weighted by atomic mass is 16.5. The summed E-state index contributed by atoms with van der Waals surface area (Å²) in [6, 6.07) is 23.5. The van der Waals surface area contributed by atoms with Crippen molar-refractivity contribution in [3.8, 4) is 5.75 Å². The molecule has 0 aliphatic carbocycles. The molecule has 0 radical (unpaired) electrons. The van der Waals surface area contributed by atoms with E-state index in [0.29, 0.717) is 29.2 Å². The van der Waals surface area contributed by atoms with Gasteiger partial charge in [-0.05, 0) is 48.4 Å². The van der Waals surface area contributed by atoms with Gasteiger partial charge in [-0.2, -0.15) is 0 Å². The van der Waals surface area contributed by atoms with Crippen LogP contribution in [0.25, 0.3) is 11.0 Å². The molecule has 144 valence electrons. The lowest BCUT2D eigenvalue weighted by molar-refractivity contribution is 0.102. The van der Waals surface area contributed by atoms with Crippen LogP contribution in [0, 0.1) is 6.92 Å². The second kappa shape index (κ2) is 8.02. The van der Waals surface area contributed by atoms with Crippen molar-refractivity contribution in [3.05, 3.63) is 106 Å². The minimum atomic E-state index is -0.415. The molecule has 29 heavy (non-hydrogen) atoms. The van der Waals surface area contributed by atoms with Gasteiger partial charge in [0, 0.05) is 28.8 Å². The second-order valence-electron chi connectivity index (χ2n) is 6.72. The van der Waals surface area contributed by atoms with E-state index in [-0.39, 0.29) is 5.91 Å². The molecule has 0 saturated carbocycles. The monoisotopic (exact) mass is 385 g/mol. The van der Waals surface area contributed by atoms with Crippen molar-refractivity contribution in [2.24, 2.45) is 0 Å². The van der Waals surface area contributed by atoms with Crippen LogP contribution in [0.1, 0.15) is 21.5 Å². The van der Waals surface area contributed by atoms with Crippen molar-refractivity contribution < 1.29 is 13.9 Å². The maximum absolute atomic E-state index is 12.7. The maximum atomic E-state index is 12.7. The summed E-state index contributed by atoms with van der Waals surface area (Å²) in [6.07, 6.45) is 0. The Morgan fingerprint density at radius 2 is 1.79 bits per heavy atom. The van der Waals surface area contributed by atoms with Crippen molar-refractivity contribution in [2.45, 2.75) is 13.5 Å². The summed E-state index contributed by atoms with van der Waals surface area (Å²) in [4.78, 5) is 24.2. The summed E-state index contributed by atoms with van der Waals surface area (Å²) >= 11 is 0. The zero-order chi connectivity index (χ0) is 20.2. The molecule has 0 bridgehead atoms. The molecule has 5 nitrogen and oxygen atoms in total. The predicted octanol–water partition coefficient (Wildman–Crippen LogP) is 4.93. The van der Waals surface area contributed by atoms with Gasteiger partial charge in [-0.3, -0.25) is 4.79 Å². The van der Waals surface area contributed by atoms with Gasteiger partial charge < -0.3 is 14.5 Å². The zero-order valence-corrected chi connectivity index (χ0v) is 15.8. The first-order valence-electron chi connectivity index (χ1n) is 9.21. The van der Waals surface area contributed by atoms with E-state index in [2.05, 4.69) is 5.32 Å². The lowest BCUT2D eigenvalue weighted by Gasteiger charge is -2.09. The topological polar surface area (TPSA) is 68.5 Å². The minimum absolute atomic E-state index is 0.274. The second-order valence-corrected chi connectivity index (χ2v) is 6.72. The fraction of sp³-hybridized carbons (Fsp3) is 0.0833. The van der Waals surface area contributed by atoms with E-state index in [1.807, 2.05) is 49.4 Å². The lowest BCUT2D eigenvalue weighted by atomic mass is 10.1. The molecule has 0 aliphatic heterocycles. The first-order valence-corrected chi connectivity index (χ1v) is 9.21. The number of benzene rings is 3. The molecule has 0 atom stereocenters. The van der Waals surface area contributed by atoms with Crippen molar-refractivity contribution in [2.75, 3.05) is 5.32 Å². The standard InChI is InChI=1S/C24H19NO4/c1-16-12-23(26)29-22-14-19(10-11-21(16)22)25-24(27)18-8-5-9-20(13-18)28-15-17-6-3-2-4-7-17/h2-14H,15H2,1H3,(H,25,27). The number of hydrogen-bond donors (Lipinski definition) is 1. The van der Waals surface area contributed by atoms with Gasteiger partial charge in [0.25, 0.3) is 5.91 Å². The van der Waals surface area contributed by atoms with Gasteiger partial charge in [0.2, 0.25) is 0 Å². The Morgan fingerprint density at radius 1 is 0.966 bits per heavy atom. The van der Waals surface area contributed by atoms with Gasteiger partial charge in [-0.25, -0.2) is 4.79 Å². The molecule has 1 N–H and O–H groups in total. The summed E-state index contributed by atoms with van der Waals surface area (Å²) in [5.74, 6) is 0.339. The molecule has 1 aromatic heterocycles. The highest BCUT2D eigenvalue weighted by Gasteiger charge is 2.09. The highest BCUT2D eigenvalue weighted by molar-refractivity contribution is 6.05. The molecule has 1 heterocycles. The van der Waals surface area contributed by atoms with E-state index in [0.717, 1.165) is 16.5 Å². The molecule has 4 aromatic rings. The van der Waals surface area contributed by atoms with Crippen LogP contribution >= 0.6 is 0 Å². The number of aryl methyl sites for hydroxylation is 1. The predicted molar refractivity (Wildman–Crippen MR) is 112 cm³/mol. The third-order valence-electron chi connectivity index (χ3n) is 4.55. The van der Waals surface area contributed by atoms with Crippen LogP contribution in [-0.2, 0) is 6.61 Å². The van der Waals surface area contributed by atoms with E-state index >= 15 is 0 Å². The van der Waals surface area contributed by atoms with Gasteiger partial charge in [-0.1, -0.05) is 36.4 Å². The van der Waals surface area contributed by atoms with Gasteiger partial charge in [0.15, 0.2) is 0 Å². The number of rotatable bonds is 5. The number of nitrogens with one attached hydrogen (secondary N) is 1. The molecule has 0 spiro atoms. The van der Waals surface area contributed by atoms with Crippen LogP contribution in [-0.4, -0.2) is 5.91 Å². The Hall–Kier alpha value is -3.86. The number of amides is 1. The lowest BCUT2D eigenvalue weighted by Crippen LogP contribution is -2.12. The van der Waals surface area contributed by atoms with Crippen LogP contribution in [0.15, 0.2) is 88.1 Å². The van der Waals surface area contributed by atoms with Crippen LogP contribution in [0.4, 0.5) is 5.69 Å². The minimum Gasteiger partial charge on any atom is -0.489 e. The maximum Gasteiger partial charge on any atom is 0.336 e. The van der Waals surface area contributed by atoms with E-state index in [1.54, 1.807) is 30.3 Å². The summed E-state index contributed by atoms with van der Waals surface area (Å²) in [6.45, 7) is 2.27. The fourth-order valence-electron chi connectivity index (χ4n) is 3.07. The molecule has 0 saturated heterocycles. The number of anilines is 1. The van der Waals surface area contributed by atoms with E-state index in [4.69, 9.17) is 9.15 Å². The first kappa shape index (κ1) is 18.5. The average molecular weight is 385 g/mol. The Balaban J connectivity index is 1.50. The molecule has 3 aromatic carbocycles. The Bertz CT molecular complexity index is 1230. The quantitative estimate of drug-likeness (QED) is 0.495. The zero-order valence-electron chi connectivity index (χ0n) is 15.8. The van der Waals surface area contributed by atoms with Crippen molar-refractivity contribution in [3.63, 3.8) is 0 Å². The smallest absolute Gasteiger partial charge is 0.336 e. The largest absolute Gasteiger partial charge is 0.489 e. The van der Waals surface area contributed by atoms with Gasteiger partial charge in [-0.15, -0.1) is 0 Å². The number of fused-ring (bicyclic) bond motifs is 1. The number of ether oxygens (including phenoxy) is 1. The van der Waals surface area contributed by atoms with Crippen LogP contribution in [0.2, 0.25) is 0 Å². The van der Waals surface area contributed by atoms with Crippen molar-refractivity contribution in [1.29, 1.82) is 0 Å². The average Bonchev–Trinajstić information content (AvgIpc) is 2.73. The SMILES string of the molecule is Cc1cc(=O)oc2cc(NC(=O)c3cccc(OCc4ccccc4)c3)ccc12. The van der Waals surface area contributed by atoms with Crippen molar-refractivity contribution in [1.82, 2.24) is 0 Å². The van der Waals surface area contributed by atoms with Gasteiger partial charge in [0.1, 0.15) is 17.9 Å². The summed E-state index contributed by atoms with van der Waals surface area (Å²) in [7, 11) is 0. The summed E-state index contributed by atoms with van der Waals surface area (Å²) in [5, 5.41) is 3.67. The molecule has 5 heteroatoms. The first-order chi connectivity index (χ1) is 14.1. The van der Waals surface area contributed by atoms with E-state index in [1.165, 1.54) is 6.07 Å². The third kappa shape index (κ3) is 4.35.